The van der Waals surface area contributed by atoms with Gasteiger partial charge >= 0.3 is 0 Å². The van der Waals surface area contributed by atoms with Crippen molar-refractivity contribution in [3.05, 3.63) is 76.4 Å². The Bertz CT molecular complexity index is 1110. The summed E-state index contributed by atoms with van der Waals surface area (Å²) in [7, 11) is 0. The van der Waals surface area contributed by atoms with Crippen LogP contribution in [0.3, 0.4) is 0 Å². The summed E-state index contributed by atoms with van der Waals surface area (Å²) in [5.74, 6) is -0.953. The third kappa shape index (κ3) is 5.75. The summed E-state index contributed by atoms with van der Waals surface area (Å²) >= 11 is 1.43. The Hall–Kier alpha value is -3.39. The van der Waals surface area contributed by atoms with Crippen LogP contribution in [-0.4, -0.2) is 30.3 Å². The van der Waals surface area contributed by atoms with Crippen LogP contribution in [-0.2, 0) is 9.59 Å². The fourth-order valence-electron chi connectivity index (χ4n) is 4.30. The summed E-state index contributed by atoms with van der Waals surface area (Å²) in [6.07, 6.45) is 6.66. The molecule has 0 saturated heterocycles. The molecule has 2 N–H and O–H groups in total. The van der Waals surface area contributed by atoms with E-state index in [1.165, 1.54) is 35.0 Å². The molecule has 2 aromatic heterocycles. The molecule has 0 spiro atoms. The van der Waals surface area contributed by atoms with E-state index in [1.807, 2.05) is 48.7 Å². The quantitative estimate of drug-likeness (QED) is 0.494. The van der Waals surface area contributed by atoms with Gasteiger partial charge in [-0.1, -0.05) is 37.5 Å². The number of anilines is 1. The molecule has 0 aliphatic heterocycles. The first-order valence-corrected chi connectivity index (χ1v) is 12.4. The van der Waals surface area contributed by atoms with Crippen LogP contribution in [0.1, 0.15) is 59.1 Å². The van der Waals surface area contributed by atoms with Gasteiger partial charge in [-0.25, -0.2) is 0 Å². The molecule has 4 rings (SSSR count). The monoisotopic (exact) mass is 479 g/mol. The summed E-state index contributed by atoms with van der Waals surface area (Å²) in [6, 6.07) is 13.6. The molecule has 34 heavy (non-hydrogen) atoms. The number of benzene rings is 1. The van der Waals surface area contributed by atoms with Crippen molar-refractivity contribution in [2.45, 2.75) is 51.1 Å². The number of furan rings is 1. The number of hydrogen-bond acceptors (Lipinski definition) is 5. The average Bonchev–Trinajstić information content (AvgIpc) is 3.56. The van der Waals surface area contributed by atoms with Gasteiger partial charge in [-0.15, -0.1) is 11.3 Å². The normalized spacial score (nSPS) is 14.9. The summed E-state index contributed by atoms with van der Waals surface area (Å²) in [6.45, 7) is 1.67. The highest BCUT2D eigenvalue weighted by atomic mass is 32.1. The van der Waals surface area contributed by atoms with Crippen molar-refractivity contribution in [2.75, 3.05) is 11.4 Å². The topological polar surface area (TPSA) is 91.7 Å². The number of carbonyl (C=O) groups is 3. The lowest BCUT2D eigenvalue weighted by atomic mass is 9.95. The number of aryl methyl sites for hydroxylation is 1. The highest BCUT2D eigenvalue weighted by Gasteiger charge is 2.35. The van der Waals surface area contributed by atoms with Crippen molar-refractivity contribution in [3.8, 4) is 0 Å². The Morgan fingerprint density at radius 1 is 1.09 bits per heavy atom. The minimum Gasteiger partial charge on any atom is -0.459 e. The van der Waals surface area contributed by atoms with Gasteiger partial charge in [-0.2, -0.15) is 0 Å². The maximum absolute atomic E-state index is 13.6. The van der Waals surface area contributed by atoms with Crippen LogP contribution < -0.4 is 15.5 Å². The Morgan fingerprint density at radius 2 is 1.91 bits per heavy atom. The molecule has 0 bridgehead atoms. The van der Waals surface area contributed by atoms with E-state index < -0.39 is 11.9 Å². The largest absolute Gasteiger partial charge is 0.459 e. The van der Waals surface area contributed by atoms with Gasteiger partial charge in [-0.3, -0.25) is 19.3 Å². The van der Waals surface area contributed by atoms with E-state index >= 15 is 0 Å². The number of hydrogen-bond donors (Lipinski definition) is 2. The molecule has 1 aromatic carbocycles. The Kier molecular flexibility index (Phi) is 7.80. The number of carbonyl (C=O) groups excluding carboxylic acids is 3. The van der Waals surface area contributed by atoms with Crippen LogP contribution >= 0.6 is 11.3 Å². The Morgan fingerprint density at radius 3 is 2.59 bits per heavy atom. The highest BCUT2D eigenvalue weighted by molar-refractivity contribution is 7.10. The molecule has 1 aliphatic carbocycles. The summed E-state index contributed by atoms with van der Waals surface area (Å²) in [5.41, 5.74) is 1.57. The van der Waals surface area contributed by atoms with Crippen LogP contribution in [0.15, 0.2) is 64.6 Å². The maximum Gasteiger partial charge on any atom is 0.287 e. The lowest BCUT2D eigenvalue weighted by Gasteiger charge is -2.33. The molecule has 1 saturated carbocycles. The van der Waals surface area contributed by atoms with Gasteiger partial charge in [0.05, 0.1) is 12.8 Å². The second-order valence-electron chi connectivity index (χ2n) is 8.52. The van der Waals surface area contributed by atoms with E-state index in [4.69, 9.17) is 4.42 Å². The van der Waals surface area contributed by atoms with Gasteiger partial charge in [0.2, 0.25) is 11.8 Å². The zero-order chi connectivity index (χ0) is 23.9. The van der Waals surface area contributed by atoms with Crippen LogP contribution in [0.2, 0.25) is 0 Å². The minimum atomic E-state index is -0.836. The van der Waals surface area contributed by atoms with E-state index in [0.29, 0.717) is 5.69 Å². The first-order valence-electron chi connectivity index (χ1n) is 11.6. The van der Waals surface area contributed by atoms with Gasteiger partial charge in [0.15, 0.2) is 5.76 Å². The molecular formula is C26H29N3O4S. The highest BCUT2D eigenvalue weighted by Crippen LogP contribution is 2.32. The second kappa shape index (κ2) is 11.2. The van der Waals surface area contributed by atoms with E-state index in [9.17, 15) is 14.4 Å². The summed E-state index contributed by atoms with van der Waals surface area (Å²) in [5, 5.41) is 7.70. The maximum atomic E-state index is 13.6. The molecule has 1 aliphatic rings. The molecule has 0 radical (unpaired) electrons. The zero-order valence-electron chi connectivity index (χ0n) is 19.2. The standard InChI is InChI=1S/C26H29N3O4S/c1-18-8-5-11-20(16-18)29(23(30)17-27-25(31)21-12-6-14-33-21)24(22-13-7-15-34-22)26(32)28-19-9-3-2-4-10-19/h5-8,11-16,19,24H,2-4,9-10,17H2,1H3,(H,27,31)(H,28,32)/t24-/m0/s1. The Balaban J connectivity index is 1.63. The molecule has 0 unspecified atom stereocenters. The fourth-order valence-corrected chi connectivity index (χ4v) is 5.11. The molecule has 1 atom stereocenters. The van der Waals surface area contributed by atoms with E-state index in [1.54, 1.807) is 6.07 Å². The van der Waals surface area contributed by atoms with Gasteiger partial charge in [0, 0.05) is 16.6 Å². The van der Waals surface area contributed by atoms with Crippen LogP contribution in [0.4, 0.5) is 5.69 Å². The van der Waals surface area contributed by atoms with E-state index in [2.05, 4.69) is 10.6 Å². The average molecular weight is 480 g/mol. The lowest BCUT2D eigenvalue weighted by Crippen LogP contribution is -2.49. The molecular weight excluding hydrogens is 450 g/mol. The number of amides is 3. The van der Waals surface area contributed by atoms with E-state index in [-0.39, 0.29) is 30.2 Å². The number of nitrogens with zero attached hydrogens (tertiary/aromatic N) is 1. The van der Waals surface area contributed by atoms with Crippen molar-refractivity contribution < 1.29 is 18.8 Å². The zero-order valence-corrected chi connectivity index (χ0v) is 20.0. The van der Waals surface area contributed by atoms with Crippen molar-refractivity contribution in [1.29, 1.82) is 0 Å². The molecule has 1 fully saturated rings. The molecule has 7 nitrogen and oxygen atoms in total. The number of nitrogens with one attached hydrogen (secondary N) is 2. The first kappa shape index (κ1) is 23.8. The second-order valence-corrected chi connectivity index (χ2v) is 9.50. The van der Waals surface area contributed by atoms with E-state index in [0.717, 1.165) is 36.1 Å². The van der Waals surface area contributed by atoms with Gasteiger partial charge in [0.1, 0.15) is 6.04 Å². The van der Waals surface area contributed by atoms with Gasteiger partial charge in [0.25, 0.3) is 5.91 Å². The van der Waals surface area contributed by atoms with Gasteiger partial charge in [-0.05, 0) is 61.0 Å². The first-order chi connectivity index (χ1) is 16.5. The third-order valence-electron chi connectivity index (χ3n) is 5.96. The van der Waals surface area contributed by atoms with Crippen molar-refractivity contribution in [3.63, 3.8) is 0 Å². The molecule has 3 amide bonds. The van der Waals surface area contributed by atoms with Crippen molar-refractivity contribution >= 4 is 34.7 Å². The summed E-state index contributed by atoms with van der Waals surface area (Å²) < 4.78 is 5.12. The summed E-state index contributed by atoms with van der Waals surface area (Å²) in [4.78, 5) is 41.8. The number of rotatable bonds is 8. The molecule has 178 valence electrons. The lowest BCUT2D eigenvalue weighted by molar-refractivity contribution is -0.126. The molecule has 2 heterocycles. The minimum absolute atomic E-state index is 0.108. The van der Waals surface area contributed by atoms with Crippen molar-refractivity contribution in [1.82, 2.24) is 10.6 Å². The predicted molar refractivity (Wildman–Crippen MR) is 132 cm³/mol. The SMILES string of the molecule is Cc1cccc(N(C(=O)CNC(=O)c2ccco2)[C@H](C(=O)NC2CCCCC2)c2cccs2)c1. The molecule has 8 heteroatoms. The van der Waals surface area contributed by atoms with Crippen LogP contribution in [0.5, 0.6) is 0 Å². The smallest absolute Gasteiger partial charge is 0.287 e. The third-order valence-corrected chi connectivity index (χ3v) is 6.89. The predicted octanol–water partition coefficient (Wildman–Crippen LogP) is 4.60. The van der Waals surface area contributed by atoms with Crippen molar-refractivity contribution in [2.24, 2.45) is 0 Å². The van der Waals surface area contributed by atoms with Gasteiger partial charge < -0.3 is 15.1 Å². The fraction of sp³-hybridized carbons (Fsp3) is 0.346. The van der Waals surface area contributed by atoms with Crippen LogP contribution in [0, 0.1) is 6.92 Å². The molecule has 3 aromatic rings. The number of thiophene rings is 1. The van der Waals surface area contributed by atoms with Crippen LogP contribution in [0.25, 0.3) is 0 Å². The Labute approximate surface area is 203 Å².